The minimum atomic E-state index is -0.579. The van der Waals surface area contributed by atoms with Crippen LogP contribution in [0.1, 0.15) is 12.7 Å². The molecule has 0 aliphatic carbocycles. The number of carbonyl (C=O) groups is 1. The molecule has 0 aliphatic rings. The smallest absolute Gasteiger partial charge is 0.261 e. The zero-order chi connectivity index (χ0) is 14.5. The molecule has 0 saturated carbocycles. The molecule has 2 aromatic rings. The Labute approximate surface area is 125 Å². The van der Waals surface area contributed by atoms with Gasteiger partial charge < -0.3 is 14.6 Å². The summed E-state index contributed by atoms with van der Waals surface area (Å²) in [6, 6.07) is 7.33. The quantitative estimate of drug-likeness (QED) is 0.900. The van der Waals surface area contributed by atoms with Crippen molar-refractivity contribution in [2.45, 2.75) is 19.6 Å². The predicted octanol–water partition coefficient (Wildman–Crippen LogP) is 1.66. The van der Waals surface area contributed by atoms with Gasteiger partial charge in [0.15, 0.2) is 11.9 Å². The molecule has 1 atom stereocenters. The largest absolute Gasteiger partial charge is 0.481 e. The first-order chi connectivity index (χ1) is 9.56. The Bertz CT molecular complexity index is 582. The molecule has 1 N–H and O–H groups in total. The monoisotopic (exact) mass is 338 g/mol. The Hall–Kier alpha value is -1.89. The standard InChI is InChI=1S/C13H15BrN4O2/c1-9(20-11-5-3-10(14)4-6-11)13(19)15-7-12-17-16-8-18(12)2/h3-6,8-9H,7H2,1-2H3,(H,15,19). The second-order valence-electron chi connectivity index (χ2n) is 4.29. The van der Waals surface area contributed by atoms with Crippen molar-refractivity contribution in [2.75, 3.05) is 0 Å². The Balaban J connectivity index is 1.86. The summed E-state index contributed by atoms with van der Waals surface area (Å²) in [5.74, 6) is 1.14. The summed E-state index contributed by atoms with van der Waals surface area (Å²) in [7, 11) is 1.82. The normalized spacial score (nSPS) is 11.9. The van der Waals surface area contributed by atoms with Crippen LogP contribution in [-0.4, -0.2) is 26.8 Å². The zero-order valence-corrected chi connectivity index (χ0v) is 12.8. The number of halogens is 1. The van der Waals surface area contributed by atoms with Crippen LogP contribution in [0.25, 0.3) is 0 Å². The molecule has 106 valence electrons. The number of nitrogens with one attached hydrogen (secondary N) is 1. The van der Waals surface area contributed by atoms with Gasteiger partial charge in [0.05, 0.1) is 6.54 Å². The van der Waals surface area contributed by atoms with E-state index in [4.69, 9.17) is 4.74 Å². The van der Waals surface area contributed by atoms with E-state index in [2.05, 4.69) is 31.4 Å². The van der Waals surface area contributed by atoms with Gasteiger partial charge in [-0.2, -0.15) is 0 Å². The van der Waals surface area contributed by atoms with Gasteiger partial charge in [0.2, 0.25) is 0 Å². The first kappa shape index (κ1) is 14.5. The molecule has 1 heterocycles. The molecule has 0 fully saturated rings. The maximum atomic E-state index is 11.9. The van der Waals surface area contributed by atoms with Gasteiger partial charge in [-0.3, -0.25) is 4.79 Å². The third kappa shape index (κ3) is 3.80. The molecule has 20 heavy (non-hydrogen) atoms. The molecule has 1 amide bonds. The number of amides is 1. The lowest BCUT2D eigenvalue weighted by Crippen LogP contribution is -2.36. The molecule has 2 rings (SSSR count). The summed E-state index contributed by atoms with van der Waals surface area (Å²) in [5, 5.41) is 10.4. The van der Waals surface area contributed by atoms with Crippen molar-refractivity contribution in [2.24, 2.45) is 7.05 Å². The van der Waals surface area contributed by atoms with Gasteiger partial charge in [-0.1, -0.05) is 15.9 Å². The van der Waals surface area contributed by atoms with Crippen molar-refractivity contribution in [3.63, 3.8) is 0 Å². The molecule has 1 aromatic heterocycles. The number of ether oxygens (including phenoxy) is 1. The second kappa shape index (κ2) is 6.51. The van der Waals surface area contributed by atoms with E-state index >= 15 is 0 Å². The number of aryl methyl sites for hydroxylation is 1. The molecule has 0 bridgehead atoms. The number of hydrogen-bond acceptors (Lipinski definition) is 4. The highest BCUT2D eigenvalue weighted by Gasteiger charge is 2.15. The van der Waals surface area contributed by atoms with Crippen LogP contribution in [-0.2, 0) is 18.4 Å². The number of benzene rings is 1. The fraction of sp³-hybridized carbons (Fsp3) is 0.308. The van der Waals surface area contributed by atoms with Crippen molar-refractivity contribution < 1.29 is 9.53 Å². The van der Waals surface area contributed by atoms with Gasteiger partial charge in [0.25, 0.3) is 5.91 Å². The third-order valence-corrected chi connectivity index (χ3v) is 3.25. The van der Waals surface area contributed by atoms with E-state index in [9.17, 15) is 4.79 Å². The number of rotatable bonds is 5. The van der Waals surface area contributed by atoms with Crippen molar-refractivity contribution in [1.29, 1.82) is 0 Å². The molecular weight excluding hydrogens is 324 g/mol. The maximum Gasteiger partial charge on any atom is 0.261 e. The van der Waals surface area contributed by atoms with Crippen LogP contribution < -0.4 is 10.1 Å². The van der Waals surface area contributed by atoms with Gasteiger partial charge in [-0.15, -0.1) is 10.2 Å². The summed E-state index contributed by atoms with van der Waals surface area (Å²) >= 11 is 3.34. The van der Waals surface area contributed by atoms with E-state index in [0.29, 0.717) is 18.1 Å². The van der Waals surface area contributed by atoms with Crippen LogP contribution in [0.4, 0.5) is 0 Å². The first-order valence-corrected chi connectivity index (χ1v) is 6.88. The Kier molecular flexibility index (Phi) is 4.73. The second-order valence-corrected chi connectivity index (χ2v) is 5.21. The minimum absolute atomic E-state index is 0.198. The molecule has 7 heteroatoms. The molecule has 0 spiro atoms. The Morgan fingerprint density at radius 2 is 2.15 bits per heavy atom. The van der Waals surface area contributed by atoms with E-state index in [0.717, 1.165) is 4.47 Å². The number of aromatic nitrogens is 3. The van der Waals surface area contributed by atoms with E-state index in [1.807, 2.05) is 19.2 Å². The summed E-state index contributed by atoms with van der Waals surface area (Å²) in [6.45, 7) is 2.03. The van der Waals surface area contributed by atoms with Crippen LogP contribution in [0.3, 0.4) is 0 Å². The highest BCUT2D eigenvalue weighted by atomic mass is 79.9. The fourth-order valence-electron chi connectivity index (χ4n) is 1.55. The van der Waals surface area contributed by atoms with Crippen LogP contribution in [0, 0.1) is 0 Å². The van der Waals surface area contributed by atoms with Crippen molar-refractivity contribution in [3.05, 3.63) is 40.9 Å². The van der Waals surface area contributed by atoms with E-state index < -0.39 is 6.10 Å². The minimum Gasteiger partial charge on any atom is -0.481 e. The third-order valence-electron chi connectivity index (χ3n) is 2.72. The molecule has 0 aliphatic heterocycles. The highest BCUT2D eigenvalue weighted by Crippen LogP contribution is 2.17. The Morgan fingerprint density at radius 3 is 2.75 bits per heavy atom. The lowest BCUT2D eigenvalue weighted by molar-refractivity contribution is -0.127. The van der Waals surface area contributed by atoms with Crippen LogP contribution in [0.15, 0.2) is 35.1 Å². The van der Waals surface area contributed by atoms with Gasteiger partial charge in [-0.05, 0) is 31.2 Å². The summed E-state index contributed by atoms with van der Waals surface area (Å²) < 4.78 is 8.27. The molecule has 6 nitrogen and oxygen atoms in total. The topological polar surface area (TPSA) is 69.0 Å². The van der Waals surface area contributed by atoms with Crippen molar-refractivity contribution in [3.8, 4) is 5.75 Å². The number of carbonyl (C=O) groups excluding carboxylic acids is 1. The lowest BCUT2D eigenvalue weighted by Gasteiger charge is -2.14. The SMILES string of the molecule is CC(Oc1ccc(Br)cc1)C(=O)NCc1nncn1C. The molecule has 1 aromatic carbocycles. The highest BCUT2D eigenvalue weighted by molar-refractivity contribution is 9.10. The lowest BCUT2D eigenvalue weighted by atomic mass is 10.3. The molecule has 0 saturated heterocycles. The van der Waals surface area contributed by atoms with E-state index in [1.165, 1.54) is 0 Å². The summed E-state index contributed by atoms with van der Waals surface area (Å²) in [4.78, 5) is 11.9. The first-order valence-electron chi connectivity index (χ1n) is 6.09. The van der Waals surface area contributed by atoms with Gasteiger partial charge in [0.1, 0.15) is 12.1 Å². The van der Waals surface area contributed by atoms with Gasteiger partial charge >= 0.3 is 0 Å². The van der Waals surface area contributed by atoms with Gasteiger partial charge in [0, 0.05) is 11.5 Å². The molecule has 1 unspecified atom stereocenters. The fourth-order valence-corrected chi connectivity index (χ4v) is 1.81. The van der Waals surface area contributed by atoms with Gasteiger partial charge in [-0.25, -0.2) is 0 Å². The van der Waals surface area contributed by atoms with Crippen LogP contribution >= 0.6 is 15.9 Å². The van der Waals surface area contributed by atoms with E-state index in [-0.39, 0.29) is 5.91 Å². The Morgan fingerprint density at radius 1 is 1.45 bits per heavy atom. The average molecular weight is 339 g/mol. The summed E-state index contributed by atoms with van der Waals surface area (Å²) in [5.41, 5.74) is 0. The van der Waals surface area contributed by atoms with Crippen molar-refractivity contribution >= 4 is 21.8 Å². The number of nitrogens with zero attached hydrogens (tertiary/aromatic N) is 3. The zero-order valence-electron chi connectivity index (χ0n) is 11.2. The van der Waals surface area contributed by atoms with Crippen LogP contribution in [0.5, 0.6) is 5.75 Å². The average Bonchev–Trinajstić information content (AvgIpc) is 2.84. The number of hydrogen-bond donors (Lipinski definition) is 1. The molecule has 0 radical (unpaired) electrons. The molecular formula is C13H15BrN4O2. The van der Waals surface area contributed by atoms with E-state index in [1.54, 1.807) is 30.0 Å². The predicted molar refractivity (Wildman–Crippen MR) is 77.1 cm³/mol. The van der Waals surface area contributed by atoms with Crippen molar-refractivity contribution in [1.82, 2.24) is 20.1 Å². The maximum absolute atomic E-state index is 11.9. The summed E-state index contributed by atoms with van der Waals surface area (Å²) in [6.07, 6.45) is 1.01. The van der Waals surface area contributed by atoms with Crippen LogP contribution in [0.2, 0.25) is 0 Å².